The van der Waals surface area contributed by atoms with Crippen LogP contribution in [0.3, 0.4) is 0 Å². The van der Waals surface area contributed by atoms with E-state index in [-0.39, 0.29) is 64.1 Å². The molecule has 0 saturated carbocycles. The third-order valence-electron chi connectivity index (χ3n) is 11.9. The Morgan fingerprint density at radius 3 is 1.97 bits per heavy atom. The van der Waals surface area contributed by atoms with Crippen LogP contribution in [0.25, 0.3) is 0 Å². The maximum Gasteiger partial charge on any atom is 0.333 e. The molecule has 3 heterocycles. The number of amides is 3. The summed E-state index contributed by atoms with van der Waals surface area (Å²) in [5, 5.41) is 120. The van der Waals surface area contributed by atoms with Crippen molar-refractivity contribution in [2.24, 2.45) is 11.7 Å². The number of hydrazine groups is 1. The fourth-order valence-electron chi connectivity index (χ4n) is 7.97. The predicted octanol–water partition coefficient (Wildman–Crippen LogP) is -1.15. The van der Waals surface area contributed by atoms with Crippen LogP contribution in [0.4, 0.5) is 4.79 Å². The first-order valence-corrected chi connectivity index (χ1v) is 24.1. The van der Waals surface area contributed by atoms with Crippen LogP contribution < -0.4 is 21.9 Å². The van der Waals surface area contributed by atoms with Crippen molar-refractivity contribution < 1.29 is 89.5 Å². The zero-order chi connectivity index (χ0) is 52.5. The van der Waals surface area contributed by atoms with Crippen molar-refractivity contribution in [1.29, 1.82) is 0 Å². The number of cyclic esters (lactones) is 1. The first kappa shape index (κ1) is 61.1. The third-order valence-corrected chi connectivity index (χ3v) is 11.9. The molecule has 402 valence electrons. The highest BCUT2D eigenvalue weighted by molar-refractivity contribution is 5.81. The number of esters is 1. The Hall–Kier alpha value is -4.21. The number of aliphatic hydroxyl groups excluding tert-OH is 10. The minimum atomic E-state index is -2.33. The van der Waals surface area contributed by atoms with Gasteiger partial charge in [-0.25, -0.2) is 10.2 Å². The van der Waals surface area contributed by atoms with E-state index in [2.05, 4.69) is 16.2 Å². The van der Waals surface area contributed by atoms with Gasteiger partial charge in [-0.2, -0.15) is 0 Å². The molecule has 0 aliphatic carbocycles. The number of fused-ring (bicyclic) bond motifs is 2. The van der Waals surface area contributed by atoms with Gasteiger partial charge in [-0.1, -0.05) is 92.0 Å². The van der Waals surface area contributed by atoms with E-state index in [1.54, 1.807) is 85.9 Å². The standard InChI is InChI=1S/C49H78N4O18/c1-30-16-13-11-9-7-5-3-4-6-8-10-12-14-17-35(70-47-46(65)44(50)40(62)29-68-47)26-41-45(51-48(66)53-52-42(63)18-15-21-54)39(61)28-49(67,71-41)27-34(57)24-38(60)36(58)20-19-32(55)23-33(56)25-43(64)69-31(2)22-37(30)59/h3-14,16-17,30-41,44-47,54-62,65,67H,15,18-29,50H2,1-2H3,(H,52,63)(H2,51,53,66)/b4-3-,7-5-,8-6-,11-9-,12-10-,16-13-,17-14-/t30-,31-,32+,33+,34-,35-,36+,37-,38+,39-,40+,41-,44-,45+,46-,47-,49+/m0/s1. The van der Waals surface area contributed by atoms with E-state index >= 15 is 0 Å². The maximum absolute atomic E-state index is 13.1. The van der Waals surface area contributed by atoms with Crippen molar-refractivity contribution in [1.82, 2.24) is 16.2 Å². The summed E-state index contributed by atoms with van der Waals surface area (Å²) in [4.78, 5) is 37.7. The van der Waals surface area contributed by atoms with Crippen LogP contribution in [0.2, 0.25) is 0 Å². The number of hydrogen-bond donors (Lipinski definition) is 15. The molecule has 2 bridgehead atoms. The van der Waals surface area contributed by atoms with Gasteiger partial charge in [-0.15, -0.1) is 0 Å². The summed E-state index contributed by atoms with van der Waals surface area (Å²) in [7, 11) is 0. The molecule has 2 saturated heterocycles. The summed E-state index contributed by atoms with van der Waals surface area (Å²) in [6, 6.07) is -3.47. The van der Waals surface area contributed by atoms with E-state index in [0.29, 0.717) is 0 Å². The van der Waals surface area contributed by atoms with Gasteiger partial charge < -0.3 is 86.2 Å². The summed E-state index contributed by atoms with van der Waals surface area (Å²) in [6.07, 6.45) is 4.63. The molecule has 3 rings (SSSR count). The molecule has 2 fully saturated rings. The molecule has 22 heteroatoms. The van der Waals surface area contributed by atoms with E-state index in [1.807, 2.05) is 6.92 Å². The van der Waals surface area contributed by atoms with Crippen LogP contribution >= 0.6 is 0 Å². The molecule has 3 aliphatic rings. The lowest BCUT2D eigenvalue weighted by atomic mass is 9.87. The SMILES string of the molecule is C[C@H]1C[C@H](O)[C@@H](C)\C=C/C=C\C=C/C=C\C=C/C=C\C=C/[C@H](O[C@@H]2OC[C@@H](O)[C@H](N)[C@@H]2O)C[C@@H]2O[C@](O)(C[C@@H](O)C[C@@H](O)[C@H](O)CC[C@@H](O)C[C@@H](O)CC(=O)O1)C[C@H](O)[C@H]2NC(=O)NNC(=O)CCCO. The Bertz CT molecular complexity index is 1810. The second-order valence-corrected chi connectivity index (χ2v) is 18.3. The molecule has 0 radical (unpaired) electrons. The molecule has 22 nitrogen and oxygen atoms in total. The minimum Gasteiger partial charge on any atom is -0.462 e. The van der Waals surface area contributed by atoms with Gasteiger partial charge in [0.2, 0.25) is 5.91 Å². The highest BCUT2D eigenvalue weighted by Gasteiger charge is 2.49. The number of allylic oxidation sites excluding steroid dienone is 12. The molecule has 0 spiro atoms. The van der Waals surface area contributed by atoms with Gasteiger partial charge in [-0.05, 0) is 32.6 Å². The number of carbonyl (C=O) groups is 3. The van der Waals surface area contributed by atoms with Crippen molar-refractivity contribution in [3.05, 3.63) is 85.1 Å². The number of urea groups is 1. The Morgan fingerprint density at radius 2 is 1.34 bits per heavy atom. The van der Waals surface area contributed by atoms with E-state index in [4.69, 9.17) is 29.8 Å². The fraction of sp³-hybridized carbons (Fsp3) is 0.653. The fourth-order valence-corrected chi connectivity index (χ4v) is 7.97. The Labute approximate surface area is 414 Å². The summed E-state index contributed by atoms with van der Waals surface area (Å²) in [5.41, 5.74) is 10.3. The van der Waals surface area contributed by atoms with Crippen LogP contribution in [-0.4, -0.2) is 185 Å². The Morgan fingerprint density at radius 1 is 0.718 bits per heavy atom. The molecular weight excluding hydrogens is 933 g/mol. The predicted molar refractivity (Wildman–Crippen MR) is 257 cm³/mol. The van der Waals surface area contributed by atoms with Crippen LogP contribution in [0, 0.1) is 5.92 Å². The molecule has 3 amide bonds. The third kappa shape index (κ3) is 23.5. The van der Waals surface area contributed by atoms with Gasteiger partial charge in [0.25, 0.3) is 0 Å². The topological polar surface area (TPSA) is 373 Å². The summed E-state index contributed by atoms with van der Waals surface area (Å²) < 4.78 is 23.2. The van der Waals surface area contributed by atoms with E-state index in [0.717, 1.165) is 0 Å². The molecule has 17 atom stereocenters. The molecule has 0 aromatic carbocycles. The average molecular weight is 1010 g/mol. The zero-order valence-corrected chi connectivity index (χ0v) is 40.4. The number of nitrogens with two attached hydrogens (primary N) is 1. The van der Waals surface area contributed by atoms with Crippen molar-refractivity contribution in [3.8, 4) is 0 Å². The Kier molecular flexibility index (Phi) is 27.6. The van der Waals surface area contributed by atoms with Crippen LogP contribution in [-0.2, 0) is 28.5 Å². The largest absolute Gasteiger partial charge is 0.462 e. The summed E-state index contributed by atoms with van der Waals surface area (Å²) >= 11 is 0. The van der Waals surface area contributed by atoms with Crippen LogP contribution in [0.5, 0.6) is 0 Å². The average Bonchev–Trinajstić information content (AvgIpc) is 3.29. The summed E-state index contributed by atoms with van der Waals surface area (Å²) in [5.74, 6) is -3.96. The van der Waals surface area contributed by atoms with E-state index in [1.165, 1.54) is 6.08 Å². The van der Waals surface area contributed by atoms with Crippen molar-refractivity contribution >= 4 is 17.9 Å². The monoisotopic (exact) mass is 1010 g/mol. The van der Waals surface area contributed by atoms with Gasteiger partial charge >= 0.3 is 12.0 Å². The molecule has 0 unspecified atom stereocenters. The molecule has 16 N–H and O–H groups in total. The second-order valence-electron chi connectivity index (χ2n) is 18.3. The second kappa shape index (κ2) is 32.1. The molecule has 0 aromatic rings. The number of carbonyl (C=O) groups excluding carboxylic acids is 3. The molecule has 3 aliphatic heterocycles. The normalized spacial score (nSPS) is 40.3. The summed E-state index contributed by atoms with van der Waals surface area (Å²) in [6.45, 7) is 2.89. The first-order chi connectivity index (χ1) is 33.7. The van der Waals surface area contributed by atoms with Crippen molar-refractivity contribution in [2.45, 2.75) is 182 Å². The highest BCUT2D eigenvalue weighted by Crippen LogP contribution is 2.35. The van der Waals surface area contributed by atoms with E-state index < -0.39 is 141 Å². The first-order valence-electron chi connectivity index (χ1n) is 24.1. The number of hydrogen-bond acceptors (Lipinski definition) is 19. The van der Waals surface area contributed by atoms with Gasteiger partial charge in [0, 0.05) is 51.0 Å². The molecule has 0 aromatic heterocycles. The van der Waals surface area contributed by atoms with Gasteiger partial charge in [0.05, 0.1) is 86.2 Å². The zero-order valence-electron chi connectivity index (χ0n) is 40.4. The van der Waals surface area contributed by atoms with Gasteiger partial charge in [0.15, 0.2) is 12.1 Å². The molecule has 71 heavy (non-hydrogen) atoms. The smallest absolute Gasteiger partial charge is 0.333 e. The maximum atomic E-state index is 13.1. The number of nitrogens with one attached hydrogen (secondary N) is 3. The molecular formula is C49H78N4O18. The minimum absolute atomic E-state index is 0.108. The lowest BCUT2D eigenvalue weighted by Crippen LogP contribution is -2.64. The van der Waals surface area contributed by atoms with Crippen LogP contribution in [0.1, 0.15) is 84.5 Å². The lowest BCUT2D eigenvalue weighted by Gasteiger charge is -2.46. The number of rotatable bonds is 6. The number of ether oxygens (including phenoxy) is 4. The van der Waals surface area contributed by atoms with Gasteiger partial charge in [0.1, 0.15) is 12.2 Å². The van der Waals surface area contributed by atoms with Crippen LogP contribution in [0.15, 0.2) is 85.1 Å². The quantitative estimate of drug-likeness (QED) is 0.110. The van der Waals surface area contributed by atoms with Crippen molar-refractivity contribution in [2.75, 3.05) is 13.2 Å². The van der Waals surface area contributed by atoms with Gasteiger partial charge in [-0.3, -0.25) is 15.0 Å². The Balaban J connectivity index is 1.91. The lowest BCUT2D eigenvalue weighted by molar-refractivity contribution is -0.299. The highest BCUT2D eigenvalue weighted by atomic mass is 16.7. The van der Waals surface area contributed by atoms with Crippen molar-refractivity contribution in [3.63, 3.8) is 0 Å². The number of aliphatic hydroxyl groups is 11. The van der Waals surface area contributed by atoms with E-state index in [9.17, 15) is 65.4 Å².